The number of amides is 1. The molecule has 1 saturated heterocycles. The lowest BCUT2D eigenvalue weighted by atomic mass is 9.89. The minimum absolute atomic E-state index is 0.0242. The van der Waals surface area contributed by atoms with E-state index in [0.29, 0.717) is 36.5 Å². The van der Waals surface area contributed by atoms with Gasteiger partial charge in [-0.05, 0) is 49.2 Å². The number of aromatic carboxylic acids is 1. The van der Waals surface area contributed by atoms with E-state index in [1.165, 1.54) is 18.3 Å². The van der Waals surface area contributed by atoms with Crippen molar-refractivity contribution in [3.63, 3.8) is 0 Å². The van der Waals surface area contributed by atoms with E-state index in [9.17, 15) is 14.4 Å². The van der Waals surface area contributed by atoms with E-state index in [0.717, 1.165) is 0 Å². The van der Waals surface area contributed by atoms with Crippen molar-refractivity contribution in [2.24, 2.45) is 5.92 Å². The van der Waals surface area contributed by atoms with Gasteiger partial charge in [-0.2, -0.15) is 0 Å². The molecular formula is C19H17ClN2O4. The molecule has 26 heavy (non-hydrogen) atoms. The van der Waals surface area contributed by atoms with Gasteiger partial charge in [0.05, 0.1) is 5.56 Å². The van der Waals surface area contributed by atoms with Crippen LogP contribution in [0.25, 0.3) is 0 Å². The van der Waals surface area contributed by atoms with Gasteiger partial charge in [-0.25, -0.2) is 4.79 Å². The van der Waals surface area contributed by atoms with Crippen molar-refractivity contribution >= 4 is 29.3 Å². The molecule has 0 aliphatic carbocycles. The summed E-state index contributed by atoms with van der Waals surface area (Å²) >= 11 is 5.85. The van der Waals surface area contributed by atoms with E-state index in [1.807, 2.05) is 0 Å². The van der Waals surface area contributed by atoms with Crippen LogP contribution < -0.4 is 0 Å². The number of carbonyl (C=O) groups excluding carboxylic acids is 2. The number of likely N-dealkylation sites (tertiary alicyclic amines) is 1. The Morgan fingerprint density at radius 2 is 1.69 bits per heavy atom. The van der Waals surface area contributed by atoms with E-state index in [-0.39, 0.29) is 28.9 Å². The zero-order valence-corrected chi connectivity index (χ0v) is 14.6. The lowest BCUT2D eigenvalue weighted by molar-refractivity contribution is 0.0645. The van der Waals surface area contributed by atoms with E-state index in [4.69, 9.17) is 16.7 Å². The Balaban J connectivity index is 1.63. The Kier molecular flexibility index (Phi) is 5.32. The Morgan fingerprint density at radius 1 is 1.04 bits per heavy atom. The molecule has 6 nitrogen and oxygen atoms in total. The monoisotopic (exact) mass is 372 g/mol. The second-order valence-electron chi connectivity index (χ2n) is 6.17. The van der Waals surface area contributed by atoms with Crippen molar-refractivity contribution in [2.45, 2.75) is 12.8 Å². The first-order valence-corrected chi connectivity index (χ1v) is 8.62. The number of pyridine rings is 1. The van der Waals surface area contributed by atoms with Gasteiger partial charge in [0.2, 0.25) is 0 Å². The fourth-order valence-corrected chi connectivity index (χ4v) is 3.16. The first kappa shape index (κ1) is 18.1. The number of hydrogen-bond donors (Lipinski definition) is 1. The molecule has 3 rings (SSSR count). The predicted molar refractivity (Wildman–Crippen MR) is 95.6 cm³/mol. The molecule has 1 N–H and O–H groups in total. The molecule has 1 amide bonds. The van der Waals surface area contributed by atoms with E-state index < -0.39 is 5.97 Å². The maximum absolute atomic E-state index is 12.6. The van der Waals surface area contributed by atoms with Crippen LogP contribution in [-0.2, 0) is 0 Å². The van der Waals surface area contributed by atoms with Crippen LogP contribution in [0.15, 0.2) is 42.6 Å². The molecular weight excluding hydrogens is 356 g/mol. The van der Waals surface area contributed by atoms with Crippen LogP contribution in [0.2, 0.25) is 5.02 Å². The van der Waals surface area contributed by atoms with Gasteiger partial charge in [-0.15, -0.1) is 0 Å². The summed E-state index contributed by atoms with van der Waals surface area (Å²) in [5.74, 6) is -1.50. The third-order valence-corrected chi connectivity index (χ3v) is 4.76. The molecule has 0 atom stereocenters. The van der Waals surface area contributed by atoms with Crippen LogP contribution in [0.1, 0.15) is 44.0 Å². The number of nitrogens with zero attached hydrogens (tertiary/aromatic N) is 2. The molecule has 2 heterocycles. The number of carboxylic acid groups (broad SMARTS) is 1. The average molecular weight is 373 g/mol. The highest BCUT2D eigenvalue weighted by Crippen LogP contribution is 2.23. The first-order valence-electron chi connectivity index (χ1n) is 8.24. The van der Waals surface area contributed by atoms with Crippen LogP contribution >= 0.6 is 11.6 Å². The van der Waals surface area contributed by atoms with Crippen molar-refractivity contribution in [2.75, 3.05) is 13.1 Å². The Labute approximate surface area is 155 Å². The number of piperidine rings is 1. The Hall–Kier alpha value is -2.73. The number of rotatable bonds is 4. The number of carboxylic acids is 1. The highest BCUT2D eigenvalue weighted by Gasteiger charge is 2.29. The summed E-state index contributed by atoms with van der Waals surface area (Å²) in [6.45, 7) is 0.865. The van der Waals surface area contributed by atoms with Crippen molar-refractivity contribution < 1.29 is 19.5 Å². The molecule has 1 aliphatic rings. The van der Waals surface area contributed by atoms with E-state index >= 15 is 0 Å². The number of hydrogen-bond acceptors (Lipinski definition) is 4. The van der Waals surface area contributed by atoms with Crippen LogP contribution in [0.4, 0.5) is 0 Å². The highest BCUT2D eigenvalue weighted by molar-refractivity contribution is 6.30. The third-order valence-electron chi connectivity index (χ3n) is 4.51. The molecule has 0 unspecified atom stereocenters. The fourth-order valence-electron chi connectivity index (χ4n) is 3.04. The van der Waals surface area contributed by atoms with E-state index in [2.05, 4.69) is 4.98 Å². The van der Waals surface area contributed by atoms with Crippen LogP contribution in [0.3, 0.4) is 0 Å². The largest absolute Gasteiger partial charge is 0.478 e. The summed E-state index contributed by atoms with van der Waals surface area (Å²) < 4.78 is 0. The Morgan fingerprint density at radius 3 is 2.31 bits per heavy atom. The molecule has 1 aromatic heterocycles. The molecule has 1 fully saturated rings. The van der Waals surface area contributed by atoms with Gasteiger partial charge in [0.15, 0.2) is 5.78 Å². The summed E-state index contributed by atoms with van der Waals surface area (Å²) in [5.41, 5.74) is 0.749. The van der Waals surface area contributed by atoms with Gasteiger partial charge in [0.1, 0.15) is 5.69 Å². The fraction of sp³-hybridized carbons (Fsp3) is 0.263. The smallest absolute Gasteiger partial charge is 0.335 e. The quantitative estimate of drug-likeness (QED) is 0.833. The third kappa shape index (κ3) is 3.91. The molecule has 1 aromatic carbocycles. The van der Waals surface area contributed by atoms with Crippen molar-refractivity contribution in [3.05, 3.63) is 64.4 Å². The molecule has 134 valence electrons. The Bertz CT molecular complexity index is 843. The van der Waals surface area contributed by atoms with Crippen LogP contribution in [0, 0.1) is 5.92 Å². The lowest BCUT2D eigenvalue weighted by Crippen LogP contribution is -2.40. The normalized spacial score (nSPS) is 14.9. The van der Waals surface area contributed by atoms with Gasteiger partial charge in [0.25, 0.3) is 5.91 Å². The van der Waals surface area contributed by atoms with Crippen LogP contribution in [-0.4, -0.2) is 45.7 Å². The first-order chi connectivity index (χ1) is 12.5. The van der Waals surface area contributed by atoms with Gasteiger partial charge < -0.3 is 10.0 Å². The zero-order valence-electron chi connectivity index (χ0n) is 13.9. The van der Waals surface area contributed by atoms with Crippen molar-refractivity contribution in [3.8, 4) is 0 Å². The summed E-state index contributed by atoms with van der Waals surface area (Å²) in [6, 6.07) is 9.42. The molecule has 0 spiro atoms. The second kappa shape index (κ2) is 7.66. The summed E-state index contributed by atoms with van der Waals surface area (Å²) in [6.07, 6.45) is 2.44. The average Bonchev–Trinajstić information content (AvgIpc) is 2.67. The SMILES string of the molecule is O=C(O)c1ccnc(C(=O)N2CCC(C(=O)c3ccc(Cl)cc3)CC2)c1. The number of Topliss-reactive ketones (excluding diaryl/α,β-unsaturated/α-hetero) is 1. The molecule has 0 bridgehead atoms. The number of aromatic nitrogens is 1. The topological polar surface area (TPSA) is 87.6 Å². The van der Waals surface area contributed by atoms with Crippen molar-refractivity contribution in [1.82, 2.24) is 9.88 Å². The molecule has 1 aliphatic heterocycles. The number of carbonyl (C=O) groups is 3. The van der Waals surface area contributed by atoms with Gasteiger partial charge in [0, 0.05) is 35.8 Å². The summed E-state index contributed by atoms with van der Waals surface area (Å²) in [7, 11) is 0. The number of halogens is 1. The maximum Gasteiger partial charge on any atom is 0.335 e. The minimum atomic E-state index is -1.10. The van der Waals surface area contributed by atoms with Gasteiger partial charge in [-0.3, -0.25) is 14.6 Å². The minimum Gasteiger partial charge on any atom is -0.478 e. The van der Waals surface area contributed by atoms with Crippen LogP contribution in [0.5, 0.6) is 0 Å². The molecule has 7 heteroatoms. The number of benzene rings is 1. The predicted octanol–water partition coefficient (Wildman–Crippen LogP) is 3.17. The molecule has 0 saturated carbocycles. The van der Waals surface area contributed by atoms with E-state index in [1.54, 1.807) is 29.2 Å². The van der Waals surface area contributed by atoms with Crippen molar-refractivity contribution in [1.29, 1.82) is 0 Å². The van der Waals surface area contributed by atoms with Gasteiger partial charge in [-0.1, -0.05) is 11.6 Å². The molecule has 2 aromatic rings. The summed E-state index contributed by atoms with van der Waals surface area (Å²) in [4.78, 5) is 41.7. The van der Waals surface area contributed by atoms with Gasteiger partial charge >= 0.3 is 5.97 Å². The zero-order chi connectivity index (χ0) is 18.7. The molecule has 0 radical (unpaired) electrons. The summed E-state index contributed by atoms with van der Waals surface area (Å²) in [5, 5.41) is 9.61. The lowest BCUT2D eigenvalue weighted by Gasteiger charge is -2.31. The number of ketones is 1. The maximum atomic E-state index is 12.6. The standard InChI is InChI=1S/C19H17ClN2O4/c20-15-3-1-12(2-4-15)17(23)13-6-9-22(10-7-13)18(24)16-11-14(19(25)26)5-8-21-16/h1-5,8,11,13H,6-7,9-10H2,(H,25,26). The second-order valence-corrected chi connectivity index (χ2v) is 6.61. The highest BCUT2D eigenvalue weighted by atomic mass is 35.5.